The molecule has 0 saturated heterocycles. The number of hydrogen-bond donors (Lipinski definition) is 3. The zero-order valence-electron chi connectivity index (χ0n) is 18.1. The molecule has 0 radical (unpaired) electrons. The minimum absolute atomic E-state index is 0.0547. The summed E-state index contributed by atoms with van der Waals surface area (Å²) < 4.78 is 71.1. The number of aromatic nitrogens is 4. The van der Waals surface area contributed by atoms with Crippen molar-refractivity contribution in [2.45, 2.75) is 49.6 Å². The maximum Gasteiger partial charge on any atom is 0.405 e. The van der Waals surface area contributed by atoms with Gasteiger partial charge in [0.15, 0.2) is 11.4 Å². The topological polar surface area (TPSA) is 97.9 Å². The van der Waals surface area contributed by atoms with Crippen LogP contribution in [0.4, 0.5) is 33.5 Å². The number of alkyl halides is 5. The average Bonchev–Trinajstić information content (AvgIpc) is 3.46. The van der Waals surface area contributed by atoms with Crippen LogP contribution in [-0.2, 0) is 0 Å². The molecule has 188 valence electrons. The molecule has 1 aliphatic rings. The highest BCUT2D eigenvalue weighted by molar-refractivity contribution is 7.80. The molecule has 1 saturated carbocycles. The Morgan fingerprint density at radius 1 is 1.26 bits per heavy atom. The van der Waals surface area contributed by atoms with E-state index in [4.69, 9.17) is 4.42 Å². The number of anilines is 2. The van der Waals surface area contributed by atoms with E-state index in [9.17, 15) is 26.7 Å². The maximum absolute atomic E-state index is 13.6. The van der Waals surface area contributed by atoms with Gasteiger partial charge in [0, 0.05) is 23.2 Å². The van der Waals surface area contributed by atoms with E-state index < -0.39 is 30.7 Å². The van der Waals surface area contributed by atoms with Gasteiger partial charge < -0.3 is 15.1 Å². The van der Waals surface area contributed by atoms with Crippen molar-refractivity contribution in [3.05, 3.63) is 42.2 Å². The smallest absolute Gasteiger partial charge is 0.405 e. The molecule has 35 heavy (non-hydrogen) atoms. The van der Waals surface area contributed by atoms with Gasteiger partial charge in [-0.05, 0) is 37.8 Å². The van der Waals surface area contributed by atoms with E-state index in [0.29, 0.717) is 0 Å². The van der Waals surface area contributed by atoms with E-state index >= 15 is 0 Å². The Bertz CT molecular complexity index is 1170. The number of carbonyl (C=O) groups is 1. The minimum Gasteiger partial charge on any atom is -0.444 e. The highest BCUT2D eigenvalue weighted by Crippen LogP contribution is 2.34. The van der Waals surface area contributed by atoms with Gasteiger partial charge in [-0.2, -0.15) is 30.9 Å². The third kappa shape index (κ3) is 6.29. The summed E-state index contributed by atoms with van der Waals surface area (Å²) in [5.74, 6) is -0.920. The molecule has 0 aliphatic heterocycles. The lowest BCUT2D eigenvalue weighted by Crippen LogP contribution is -2.21. The highest BCUT2D eigenvalue weighted by Gasteiger charge is 2.28. The molecule has 4 rings (SSSR count). The summed E-state index contributed by atoms with van der Waals surface area (Å²) in [4.78, 5) is 20.5. The number of amides is 1. The molecule has 0 unspecified atom stereocenters. The van der Waals surface area contributed by atoms with Crippen molar-refractivity contribution < 1.29 is 31.2 Å². The zero-order valence-corrected chi connectivity index (χ0v) is 19.0. The third-order valence-corrected chi connectivity index (χ3v) is 5.99. The van der Waals surface area contributed by atoms with Crippen molar-refractivity contribution in [2.75, 3.05) is 17.2 Å². The first-order valence-corrected chi connectivity index (χ1v) is 11.2. The Labute approximate surface area is 201 Å². The molecule has 2 N–H and O–H groups in total. The molecule has 3 aromatic heterocycles. The lowest BCUT2D eigenvalue weighted by molar-refractivity contribution is -0.115. The monoisotopic (exact) mass is 516 g/mol. The van der Waals surface area contributed by atoms with E-state index in [0.717, 1.165) is 31.9 Å². The number of carbonyl (C=O) groups excluding carboxylic acids is 1. The number of pyridine rings is 1. The van der Waals surface area contributed by atoms with Crippen LogP contribution in [0.1, 0.15) is 54.3 Å². The van der Waals surface area contributed by atoms with E-state index in [2.05, 4.69) is 38.3 Å². The molecule has 0 bridgehead atoms. The second-order valence-electron chi connectivity index (χ2n) is 8.06. The molecule has 1 aliphatic carbocycles. The van der Waals surface area contributed by atoms with Crippen LogP contribution in [0.2, 0.25) is 0 Å². The van der Waals surface area contributed by atoms with Gasteiger partial charge in [0.2, 0.25) is 5.89 Å². The first-order chi connectivity index (χ1) is 16.6. The Balaban J connectivity index is 1.48. The van der Waals surface area contributed by atoms with Crippen LogP contribution in [0.5, 0.6) is 0 Å². The van der Waals surface area contributed by atoms with Gasteiger partial charge in [-0.15, -0.1) is 0 Å². The van der Waals surface area contributed by atoms with Crippen molar-refractivity contribution in [3.8, 4) is 11.5 Å². The van der Waals surface area contributed by atoms with Crippen molar-refractivity contribution >= 4 is 30.0 Å². The predicted octanol–water partition coefficient (Wildman–Crippen LogP) is 5.51. The first kappa shape index (κ1) is 24.9. The summed E-state index contributed by atoms with van der Waals surface area (Å²) in [7, 11) is 0. The number of rotatable bonds is 7. The lowest BCUT2D eigenvalue weighted by atomic mass is 9.95. The average molecular weight is 516 g/mol. The number of thiol groups is 1. The van der Waals surface area contributed by atoms with Gasteiger partial charge in [-0.25, -0.2) is 18.7 Å². The summed E-state index contributed by atoms with van der Waals surface area (Å²) in [5.41, 5.74) is -0.621. The van der Waals surface area contributed by atoms with Gasteiger partial charge in [0.05, 0.1) is 11.7 Å². The third-order valence-electron chi connectivity index (χ3n) is 5.47. The number of hydrogen-bond acceptors (Lipinski definition) is 7. The Hall–Kier alpha value is -3.16. The van der Waals surface area contributed by atoms with Gasteiger partial charge in [-0.3, -0.25) is 9.48 Å². The minimum atomic E-state index is -4.43. The fraction of sp³-hybridized carbons (Fsp3) is 0.429. The van der Waals surface area contributed by atoms with E-state index in [1.165, 1.54) is 29.2 Å². The van der Waals surface area contributed by atoms with Crippen molar-refractivity contribution in [3.63, 3.8) is 0 Å². The van der Waals surface area contributed by atoms with Gasteiger partial charge >= 0.3 is 6.18 Å². The summed E-state index contributed by atoms with van der Waals surface area (Å²) in [6.45, 7) is -1.28. The van der Waals surface area contributed by atoms with Gasteiger partial charge in [0.1, 0.15) is 18.6 Å². The molecule has 3 heterocycles. The normalized spacial score (nSPS) is 18.6. The number of nitrogens with one attached hydrogen (secondary N) is 2. The van der Waals surface area contributed by atoms with Crippen LogP contribution >= 0.6 is 12.6 Å². The fourth-order valence-electron chi connectivity index (χ4n) is 3.72. The van der Waals surface area contributed by atoms with Crippen LogP contribution in [-0.4, -0.2) is 43.6 Å². The van der Waals surface area contributed by atoms with E-state index in [1.54, 1.807) is 0 Å². The molecule has 1 amide bonds. The highest BCUT2D eigenvalue weighted by atomic mass is 32.1. The van der Waals surface area contributed by atoms with Crippen LogP contribution in [0.25, 0.3) is 11.5 Å². The van der Waals surface area contributed by atoms with E-state index in [-0.39, 0.29) is 39.9 Å². The molecule has 1 fully saturated rings. The van der Waals surface area contributed by atoms with Crippen molar-refractivity contribution in [1.29, 1.82) is 0 Å². The Morgan fingerprint density at radius 2 is 2.00 bits per heavy atom. The largest absolute Gasteiger partial charge is 0.444 e. The van der Waals surface area contributed by atoms with Crippen LogP contribution in [0.3, 0.4) is 0 Å². The lowest BCUT2D eigenvalue weighted by Gasteiger charge is -2.25. The summed E-state index contributed by atoms with van der Waals surface area (Å²) in [5, 5.41) is 8.80. The molecule has 0 aromatic carbocycles. The molecular weight excluding hydrogens is 495 g/mol. The van der Waals surface area contributed by atoms with Crippen molar-refractivity contribution in [2.24, 2.45) is 0 Å². The Morgan fingerprint density at radius 3 is 2.69 bits per heavy atom. The van der Waals surface area contributed by atoms with Crippen LogP contribution in [0.15, 0.2) is 35.2 Å². The van der Waals surface area contributed by atoms with Gasteiger partial charge in [-0.1, -0.05) is 0 Å². The quantitative estimate of drug-likeness (QED) is 0.283. The van der Waals surface area contributed by atoms with Crippen LogP contribution < -0.4 is 10.6 Å². The Kier molecular flexibility index (Phi) is 7.28. The molecule has 0 spiro atoms. The number of nitrogens with zero attached hydrogens (tertiary/aromatic N) is 4. The molecule has 0 atom stereocenters. The summed E-state index contributed by atoms with van der Waals surface area (Å²) in [6, 6.07) is 2.65. The number of halogens is 5. The second kappa shape index (κ2) is 10.2. The summed E-state index contributed by atoms with van der Waals surface area (Å²) >= 11 is 4.44. The maximum atomic E-state index is 13.6. The zero-order chi connectivity index (χ0) is 25.2. The molecule has 3 aromatic rings. The van der Waals surface area contributed by atoms with Gasteiger partial charge in [0.25, 0.3) is 12.3 Å². The second-order valence-corrected chi connectivity index (χ2v) is 8.79. The molecular formula is C21H21F5N6O2S. The molecule has 8 nitrogen and oxygen atoms in total. The van der Waals surface area contributed by atoms with Crippen molar-refractivity contribution in [1.82, 2.24) is 19.7 Å². The molecule has 14 heteroatoms. The van der Waals surface area contributed by atoms with E-state index in [1.807, 2.05) is 0 Å². The number of oxazole rings is 1. The summed E-state index contributed by atoms with van der Waals surface area (Å²) in [6.07, 6.45) is -0.521. The standard InChI is InChI=1S/C21H21F5N6O2S/c22-18(23)17-14(8-32(31-17)12-1-3-13(35)4-2-12)29-19(33)15-9-34-20(30-15)11-5-6-27-16(7-11)28-10-21(24,25)26/h5-9,12-13,18,35H,1-4,10H2,(H,27,28)(H,29,33)/t12-,13-. The fourth-order valence-corrected chi connectivity index (χ4v) is 4.02. The predicted molar refractivity (Wildman–Crippen MR) is 120 cm³/mol. The SMILES string of the molecule is O=C(Nc1cn([C@H]2CC[C@H](S)CC2)nc1C(F)F)c1coc(-c2ccnc(NCC(F)(F)F)c2)n1. The van der Waals surface area contributed by atoms with Crippen LogP contribution in [0, 0.1) is 0 Å². The first-order valence-electron chi connectivity index (χ1n) is 10.7.